The Morgan fingerprint density at radius 1 is 1.06 bits per heavy atom. The normalized spacial score (nSPS) is 13.3. The van der Waals surface area contributed by atoms with Crippen LogP contribution in [0.1, 0.15) is 16.7 Å². The fraction of sp³-hybridized carbons (Fsp3) is 0.174. The largest absolute Gasteiger partial charge is 0.489 e. The highest BCUT2D eigenvalue weighted by Gasteiger charge is 2.43. The molecule has 0 radical (unpaired) electrons. The summed E-state index contributed by atoms with van der Waals surface area (Å²) < 4.78 is 48.4. The number of carbonyl (C=O) groups excluding carboxylic acids is 1. The van der Waals surface area contributed by atoms with Gasteiger partial charge < -0.3 is 10.5 Å². The summed E-state index contributed by atoms with van der Waals surface area (Å²) in [5.41, 5.74) is 4.72. The molecule has 1 unspecified atom stereocenters. The van der Waals surface area contributed by atoms with Crippen molar-refractivity contribution >= 4 is 27.6 Å². The van der Waals surface area contributed by atoms with Gasteiger partial charge >= 0.3 is 0 Å². The lowest BCUT2D eigenvalue weighted by molar-refractivity contribution is -0.137. The maximum atomic E-state index is 13.8. The van der Waals surface area contributed by atoms with E-state index >= 15 is 0 Å². The van der Waals surface area contributed by atoms with Crippen LogP contribution in [0.25, 0.3) is 0 Å². The Labute approximate surface area is 196 Å². The highest BCUT2D eigenvalue weighted by atomic mass is 35.5. The van der Waals surface area contributed by atoms with Crippen LogP contribution in [0.3, 0.4) is 0 Å². The molecule has 0 saturated heterocycles. The fourth-order valence-electron chi connectivity index (χ4n) is 3.11. The van der Waals surface area contributed by atoms with Gasteiger partial charge in [0.25, 0.3) is 16.0 Å². The van der Waals surface area contributed by atoms with Gasteiger partial charge in [0.15, 0.2) is 0 Å². The van der Waals surface area contributed by atoms with Gasteiger partial charge in [-0.15, -0.1) is 0 Å². The number of ether oxygens (including phenoxy) is 1. The quantitative estimate of drug-likeness (QED) is 0.331. The van der Waals surface area contributed by atoms with Crippen molar-refractivity contribution in [2.24, 2.45) is 5.73 Å². The van der Waals surface area contributed by atoms with E-state index in [0.29, 0.717) is 22.9 Å². The van der Waals surface area contributed by atoms with Gasteiger partial charge in [0, 0.05) is 17.1 Å². The van der Waals surface area contributed by atoms with Crippen molar-refractivity contribution in [3.8, 4) is 5.75 Å². The first kappa shape index (κ1) is 24.7. The third kappa shape index (κ3) is 6.75. The third-order valence-electron chi connectivity index (χ3n) is 4.61. The number of nitrogens with one attached hydrogen (secondary N) is 1. The maximum absolute atomic E-state index is 13.8. The molecule has 0 aliphatic heterocycles. The second kappa shape index (κ2) is 10.3. The van der Waals surface area contributed by atoms with Gasteiger partial charge in [-0.05, 0) is 47.5 Å². The number of amides is 1. The number of halogens is 2. The van der Waals surface area contributed by atoms with Gasteiger partial charge in [-0.25, -0.2) is 8.57 Å². The molecule has 7 nitrogen and oxygen atoms in total. The van der Waals surface area contributed by atoms with Crippen LogP contribution in [-0.2, 0) is 38.0 Å². The molecule has 0 aliphatic rings. The molecule has 3 N–H and O–H groups in total. The molecule has 0 fully saturated rings. The molecule has 0 spiro atoms. The Kier molecular flexibility index (Phi) is 7.70. The van der Waals surface area contributed by atoms with Crippen molar-refractivity contribution < 1.29 is 26.5 Å². The minimum atomic E-state index is -4.15. The molecule has 3 rings (SSSR count). The van der Waals surface area contributed by atoms with E-state index in [1.54, 1.807) is 36.4 Å². The summed E-state index contributed by atoms with van der Waals surface area (Å²) >= 11 is 5.97. The zero-order valence-corrected chi connectivity index (χ0v) is 19.2. The van der Waals surface area contributed by atoms with Gasteiger partial charge in [0.2, 0.25) is 5.72 Å². The Morgan fingerprint density at radius 2 is 1.76 bits per heavy atom. The zero-order valence-electron chi connectivity index (χ0n) is 17.6. The third-order valence-corrected chi connectivity index (χ3v) is 5.40. The molecule has 0 bridgehead atoms. The van der Waals surface area contributed by atoms with E-state index in [1.165, 1.54) is 12.1 Å². The molecule has 1 atom stereocenters. The topological polar surface area (TPSA) is 108 Å². The maximum Gasteiger partial charge on any atom is 0.271 e. The first-order chi connectivity index (χ1) is 15.6. The van der Waals surface area contributed by atoms with E-state index in [-0.39, 0.29) is 12.1 Å². The number of primary amides is 1. The van der Waals surface area contributed by atoms with Gasteiger partial charge in [0.1, 0.15) is 18.2 Å². The molecule has 0 aliphatic carbocycles. The fourth-order valence-corrected chi connectivity index (χ4v) is 4.01. The van der Waals surface area contributed by atoms with E-state index in [0.717, 1.165) is 24.0 Å². The molecular formula is C23H22ClFN2O5S. The van der Waals surface area contributed by atoms with Crippen LogP contribution >= 0.6 is 11.6 Å². The molecule has 3 aromatic carbocycles. The Balaban J connectivity index is 1.76. The summed E-state index contributed by atoms with van der Waals surface area (Å²) in [6, 6.07) is 19.0. The van der Waals surface area contributed by atoms with Crippen molar-refractivity contribution in [2.45, 2.75) is 18.9 Å². The number of hydrogen-bond donors (Lipinski definition) is 2. The Bertz CT molecular complexity index is 1240. The second-order valence-electron chi connectivity index (χ2n) is 7.26. The molecule has 0 heterocycles. The lowest BCUT2D eigenvalue weighted by Crippen LogP contribution is -2.55. The van der Waals surface area contributed by atoms with Crippen LogP contribution in [0.15, 0.2) is 72.8 Å². The summed E-state index contributed by atoms with van der Waals surface area (Å²) in [6.45, 7) is 0.314. The van der Waals surface area contributed by atoms with Crippen LogP contribution < -0.4 is 15.8 Å². The monoisotopic (exact) mass is 492 g/mol. The number of benzene rings is 3. The highest BCUT2D eigenvalue weighted by Crippen LogP contribution is 2.27. The summed E-state index contributed by atoms with van der Waals surface area (Å²) in [4.78, 5) is 12.3. The van der Waals surface area contributed by atoms with Crippen LogP contribution in [0, 0.1) is 5.82 Å². The van der Waals surface area contributed by atoms with Crippen LogP contribution in [0.4, 0.5) is 4.39 Å². The van der Waals surface area contributed by atoms with Gasteiger partial charge in [-0.2, -0.15) is 8.42 Å². The molecule has 10 heteroatoms. The first-order valence-corrected chi connectivity index (χ1v) is 11.9. The predicted octanol–water partition coefficient (Wildman–Crippen LogP) is 3.46. The molecule has 3 aromatic rings. The average Bonchev–Trinajstić information content (AvgIpc) is 2.75. The minimum absolute atomic E-state index is 0.0104. The van der Waals surface area contributed by atoms with Crippen LogP contribution in [0.5, 0.6) is 5.75 Å². The van der Waals surface area contributed by atoms with Gasteiger partial charge in [-0.1, -0.05) is 48.0 Å². The van der Waals surface area contributed by atoms with E-state index in [9.17, 15) is 17.6 Å². The lowest BCUT2D eigenvalue weighted by Gasteiger charge is -2.31. The summed E-state index contributed by atoms with van der Waals surface area (Å²) in [5, 5.41) is 3.35. The van der Waals surface area contributed by atoms with E-state index in [4.69, 9.17) is 26.3 Å². The zero-order chi connectivity index (χ0) is 24.1. The smallest absolute Gasteiger partial charge is 0.271 e. The van der Waals surface area contributed by atoms with Crippen LogP contribution in [0.2, 0.25) is 5.02 Å². The van der Waals surface area contributed by atoms with E-state index in [1.807, 2.05) is 12.1 Å². The Hall–Kier alpha value is -2.98. The van der Waals surface area contributed by atoms with Crippen molar-refractivity contribution in [3.05, 3.63) is 100 Å². The molecule has 174 valence electrons. The summed E-state index contributed by atoms with van der Waals surface area (Å²) in [7, 11) is -4.15. The van der Waals surface area contributed by atoms with Crippen molar-refractivity contribution in [3.63, 3.8) is 0 Å². The van der Waals surface area contributed by atoms with Gasteiger partial charge in [-0.3, -0.25) is 10.1 Å². The van der Waals surface area contributed by atoms with Crippen molar-refractivity contribution in [1.82, 2.24) is 5.32 Å². The molecule has 1 amide bonds. The first-order valence-electron chi connectivity index (χ1n) is 9.75. The molecule has 33 heavy (non-hydrogen) atoms. The molecule has 0 saturated carbocycles. The molecular weight excluding hydrogens is 471 g/mol. The van der Waals surface area contributed by atoms with Crippen molar-refractivity contribution in [2.75, 3.05) is 6.26 Å². The van der Waals surface area contributed by atoms with E-state index in [2.05, 4.69) is 5.32 Å². The summed E-state index contributed by atoms with van der Waals surface area (Å²) in [5.74, 6) is -1.23. The molecule has 0 aromatic heterocycles. The number of hydrogen-bond acceptors (Lipinski definition) is 6. The highest BCUT2D eigenvalue weighted by molar-refractivity contribution is 7.86. The van der Waals surface area contributed by atoms with Crippen molar-refractivity contribution in [1.29, 1.82) is 0 Å². The Morgan fingerprint density at radius 3 is 2.36 bits per heavy atom. The summed E-state index contributed by atoms with van der Waals surface area (Å²) in [6.07, 6.45) is 0.776. The number of rotatable bonds is 10. The van der Waals surface area contributed by atoms with Crippen LogP contribution in [-0.4, -0.2) is 20.6 Å². The minimum Gasteiger partial charge on any atom is -0.489 e. The number of carbonyl (C=O) groups is 1. The average molecular weight is 493 g/mol. The predicted molar refractivity (Wildman–Crippen MR) is 122 cm³/mol. The van der Waals surface area contributed by atoms with E-state index < -0.39 is 27.6 Å². The van der Waals surface area contributed by atoms with Gasteiger partial charge in [0.05, 0.1) is 6.26 Å². The lowest BCUT2D eigenvalue weighted by atomic mass is 10.0. The second-order valence-corrected chi connectivity index (χ2v) is 9.27. The number of nitrogens with two attached hydrogens (primary N) is 1. The standard InChI is InChI=1S/C23H22ClFN2O5S/c1-33(29,30)32-23(22(26)28,18-5-3-7-20(25)13-18)27-14-16-8-10-21(11-9-16)31-15-17-4-2-6-19(24)12-17/h2-13,27H,14-15H2,1H3,(H2,26,28). The SMILES string of the molecule is CS(=O)(=O)OC(NCc1ccc(OCc2cccc(Cl)c2)cc1)(C(N)=O)c1cccc(F)c1.